The third-order valence-corrected chi connectivity index (χ3v) is 5.27. The minimum absolute atomic E-state index is 0.0342. The second-order valence-electron chi connectivity index (χ2n) is 5.72. The van der Waals surface area contributed by atoms with Crippen molar-refractivity contribution in [2.24, 2.45) is 0 Å². The molecule has 3 aromatic carbocycles. The molecule has 3 rings (SSSR count). The molecule has 0 aliphatic carbocycles. The van der Waals surface area contributed by atoms with E-state index >= 15 is 0 Å². The van der Waals surface area contributed by atoms with Crippen molar-refractivity contribution in [1.29, 1.82) is 0 Å². The van der Waals surface area contributed by atoms with Gasteiger partial charge in [0.05, 0.1) is 4.90 Å². The normalized spacial score (nSPS) is 10.9. The van der Waals surface area contributed by atoms with E-state index in [4.69, 9.17) is 11.6 Å². The van der Waals surface area contributed by atoms with E-state index in [1.54, 1.807) is 24.3 Å². The molecule has 0 aliphatic heterocycles. The molecule has 0 atom stereocenters. The van der Waals surface area contributed by atoms with Crippen molar-refractivity contribution in [2.45, 2.75) is 4.90 Å². The molecule has 28 heavy (non-hydrogen) atoms. The number of anilines is 3. The molecular weight excluding hydrogens is 405 g/mol. The van der Waals surface area contributed by atoms with Gasteiger partial charge < -0.3 is 10.6 Å². The zero-order valence-corrected chi connectivity index (χ0v) is 15.9. The van der Waals surface area contributed by atoms with Crippen molar-refractivity contribution in [3.05, 3.63) is 83.6 Å². The quantitative estimate of drug-likeness (QED) is 0.548. The summed E-state index contributed by atoms with van der Waals surface area (Å²) in [6.45, 7) is 0. The Morgan fingerprint density at radius 3 is 1.75 bits per heavy atom. The second-order valence-corrected chi connectivity index (χ2v) is 7.84. The molecule has 0 aliphatic rings. The van der Waals surface area contributed by atoms with Crippen molar-refractivity contribution in [3.63, 3.8) is 0 Å². The summed E-state index contributed by atoms with van der Waals surface area (Å²) in [6.07, 6.45) is 0. The topological polar surface area (TPSA) is 87.3 Å². The van der Waals surface area contributed by atoms with Crippen LogP contribution in [0.3, 0.4) is 0 Å². The van der Waals surface area contributed by atoms with Gasteiger partial charge in [-0.15, -0.1) is 0 Å². The Morgan fingerprint density at radius 2 is 1.21 bits per heavy atom. The molecule has 0 aromatic heterocycles. The number of nitrogens with one attached hydrogen (secondary N) is 3. The molecule has 9 heteroatoms. The Bertz CT molecular complexity index is 1070. The maximum atomic E-state index is 12.9. The van der Waals surface area contributed by atoms with E-state index in [2.05, 4.69) is 15.4 Å². The summed E-state index contributed by atoms with van der Waals surface area (Å²) in [6, 6.07) is 16.7. The first kappa shape index (κ1) is 19.7. The number of hydrogen-bond donors (Lipinski definition) is 3. The first-order valence-electron chi connectivity index (χ1n) is 8.04. The molecule has 0 saturated heterocycles. The highest BCUT2D eigenvalue weighted by Gasteiger charge is 2.14. The van der Waals surface area contributed by atoms with Crippen molar-refractivity contribution in [1.82, 2.24) is 0 Å². The van der Waals surface area contributed by atoms with Crippen LogP contribution in [0.15, 0.2) is 77.7 Å². The molecule has 0 spiro atoms. The lowest BCUT2D eigenvalue weighted by Gasteiger charge is -2.10. The molecule has 144 valence electrons. The van der Waals surface area contributed by atoms with Gasteiger partial charge in [-0.1, -0.05) is 11.6 Å². The number of benzene rings is 3. The third-order valence-electron chi connectivity index (χ3n) is 3.62. The lowest BCUT2D eigenvalue weighted by Crippen LogP contribution is -2.19. The number of amides is 2. The SMILES string of the molecule is O=C(Nc1ccc(F)cc1)Nc1ccc(S(=O)(=O)Nc2ccc(Cl)cc2)cc1. The Kier molecular flexibility index (Phi) is 5.81. The van der Waals surface area contributed by atoms with Crippen LogP contribution in [0, 0.1) is 5.82 Å². The van der Waals surface area contributed by atoms with Crippen molar-refractivity contribution in [3.8, 4) is 0 Å². The summed E-state index contributed by atoms with van der Waals surface area (Å²) in [7, 11) is -3.78. The monoisotopic (exact) mass is 419 g/mol. The van der Waals surface area contributed by atoms with Gasteiger partial charge in [0, 0.05) is 22.1 Å². The van der Waals surface area contributed by atoms with Crippen molar-refractivity contribution in [2.75, 3.05) is 15.4 Å². The number of carbonyl (C=O) groups is 1. The fourth-order valence-electron chi connectivity index (χ4n) is 2.28. The summed E-state index contributed by atoms with van der Waals surface area (Å²) in [5, 5.41) is 5.60. The van der Waals surface area contributed by atoms with E-state index in [1.807, 2.05) is 0 Å². The predicted octanol–water partition coefficient (Wildman–Crippen LogP) is 4.92. The largest absolute Gasteiger partial charge is 0.323 e. The summed E-state index contributed by atoms with van der Waals surface area (Å²) < 4.78 is 40.1. The average Bonchev–Trinajstić information content (AvgIpc) is 2.66. The van der Waals surface area contributed by atoms with Crippen LogP contribution in [0.1, 0.15) is 0 Å². The summed E-state index contributed by atoms with van der Waals surface area (Å²) in [4.78, 5) is 12.0. The van der Waals surface area contributed by atoms with Crippen molar-refractivity contribution >= 4 is 44.7 Å². The Labute approximate surface area is 166 Å². The summed E-state index contributed by atoms with van der Waals surface area (Å²) in [5.41, 5.74) is 1.19. The number of halogens is 2. The van der Waals surface area contributed by atoms with Gasteiger partial charge in [-0.25, -0.2) is 17.6 Å². The van der Waals surface area contributed by atoms with Crippen LogP contribution in [0.25, 0.3) is 0 Å². The van der Waals surface area contributed by atoms with Gasteiger partial charge in [-0.3, -0.25) is 4.72 Å². The maximum Gasteiger partial charge on any atom is 0.323 e. The van der Waals surface area contributed by atoms with Crippen LogP contribution < -0.4 is 15.4 Å². The molecule has 0 saturated carbocycles. The molecule has 3 N–H and O–H groups in total. The molecule has 0 radical (unpaired) electrons. The van der Waals surface area contributed by atoms with Gasteiger partial charge >= 0.3 is 6.03 Å². The first-order valence-corrected chi connectivity index (χ1v) is 9.90. The summed E-state index contributed by atoms with van der Waals surface area (Å²) >= 11 is 5.78. The highest BCUT2D eigenvalue weighted by molar-refractivity contribution is 7.92. The van der Waals surface area contributed by atoms with Gasteiger partial charge in [-0.2, -0.15) is 0 Å². The third kappa shape index (κ3) is 5.21. The fourth-order valence-corrected chi connectivity index (χ4v) is 3.46. The molecule has 0 bridgehead atoms. The highest BCUT2D eigenvalue weighted by Crippen LogP contribution is 2.20. The van der Waals surface area contributed by atoms with Crippen LogP contribution in [-0.4, -0.2) is 14.4 Å². The van der Waals surface area contributed by atoms with Gasteiger partial charge in [0.2, 0.25) is 0 Å². The number of rotatable bonds is 5. The number of urea groups is 1. The Balaban J connectivity index is 1.64. The van der Waals surface area contributed by atoms with E-state index in [-0.39, 0.29) is 4.90 Å². The molecule has 2 amide bonds. The predicted molar refractivity (Wildman–Crippen MR) is 108 cm³/mol. The lowest BCUT2D eigenvalue weighted by molar-refractivity contribution is 0.262. The minimum Gasteiger partial charge on any atom is -0.308 e. The number of carbonyl (C=O) groups excluding carboxylic acids is 1. The van der Waals surface area contributed by atoms with Crippen molar-refractivity contribution < 1.29 is 17.6 Å². The number of hydrogen-bond acceptors (Lipinski definition) is 3. The fraction of sp³-hybridized carbons (Fsp3) is 0. The van der Waals surface area contributed by atoms with Crippen LogP contribution in [0.5, 0.6) is 0 Å². The van der Waals surface area contributed by atoms with Crippen LogP contribution >= 0.6 is 11.6 Å². The molecular formula is C19H15ClFN3O3S. The van der Waals surface area contributed by atoms with E-state index in [1.165, 1.54) is 48.5 Å². The van der Waals surface area contributed by atoms with Gasteiger partial charge in [0.15, 0.2) is 0 Å². The second kappa shape index (κ2) is 8.28. The lowest BCUT2D eigenvalue weighted by atomic mass is 10.3. The van der Waals surface area contributed by atoms with Crippen LogP contribution in [-0.2, 0) is 10.0 Å². The zero-order chi connectivity index (χ0) is 20.1. The molecule has 6 nitrogen and oxygen atoms in total. The van der Waals surface area contributed by atoms with Crippen LogP contribution in [0.2, 0.25) is 5.02 Å². The standard InChI is InChI=1S/C19H15ClFN3O3S/c20-13-1-5-17(6-2-13)24-28(26,27)18-11-9-16(10-12-18)23-19(25)22-15-7-3-14(21)4-8-15/h1-12,24H,(H2,22,23,25). The van der Waals surface area contributed by atoms with Crippen LogP contribution in [0.4, 0.5) is 26.2 Å². The van der Waals surface area contributed by atoms with E-state index in [9.17, 15) is 17.6 Å². The molecule has 0 heterocycles. The van der Waals surface area contributed by atoms with E-state index in [0.717, 1.165) is 0 Å². The Morgan fingerprint density at radius 1 is 0.750 bits per heavy atom. The number of sulfonamides is 1. The summed E-state index contributed by atoms with van der Waals surface area (Å²) in [5.74, 6) is -0.407. The van der Waals surface area contributed by atoms with Gasteiger partial charge in [0.25, 0.3) is 10.0 Å². The smallest absolute Gasteiger partial charge is 0.308 e. The Hall–Kier alpha value is -3.10. The van der Waals surface area contributed by atoms with E-state index in [0.29, 0.717) is 22.1 Å². The average molecular weight is 420 g/mol. The first-order chi connectivity index (χ1) is 13.3. The maximum absolute atomic E-state index is 12.9. The van der Waals surface area contributed by atoms with Gasteiger partial charge in [-0.05, 0) is 72.8 Å². The zero-order valence-electron chi connectivity index (χ0n) is 14.3. The minimum atomic E-state index is -3.78. The van der Waals surface area contributed by atoms with E-state index < -0.39 is 21.9 Å². The molecule has 3 aromatic rings. The molecule has 0 unspecified atom stereocenters. The van der Waals surface area contributed by atoms with Gasteiger partial charge in [0.1, 0.15) is 5.82 Å². The molecule has 0 fully saturated rings. The highest BCUT2D eigenvalue weighted by atomic mass is 35.5.